The fourth-order valence-corrected chi connectivity index (χ4v) is 9.75. The van der Waals surface area contributed by atoms with Gasteiger partial charge in [0.25, 0.3) is 0 Å². The number of allylic oxidation sites excluding steroid dienone is 4. The quantitative estimate of drug-likeness (QED) is 0.486. The number of hydrogen-bond acceptors (Lipinski definition) is 7. The first kappa shape index (κ1) is 30.1. The highest BCUT2D eigenvalue weighted by Crippen LogP contribution is 2.73. The Morgan fingerprint density at radius 3 is 2.51 bits per heavy atom. The van der Waals surface area contributed by atoms with Gasteiger partial charge in [-0.3, -0.25) is 19.3 Å². The fraction of sp³-hybridized carbons (Fsp3) is 0.781. The summed E-state index contributed by atoms with van der Waals surface area (Å²) in [7, 11) is 0. The van der Waals surface area contributed by atoms with Crippen LogP contribution in [0.1, 0.15) is 80.1 Å². The Morgan fingerprint density at radius 2 is 1.92 bits per heavy atom. The molecule has 1 heterocycles. The van der Waals surface area contributed by atoms with Gasteiger partial charge in [0.1, 0.15) is 6.61 Å². The highest BCUT2D eigenvalue weighted by molar-refractivity contribution is 6.01. The Hall–Kier alpha value is -1.83. The summed E-state index contributed by atoms with van der Waals surface area (Å²) in [4.78, 5) is 38.0. The summed E-state index contributed by atoms with van der Waals surface area (Å²) in [5.74, 6) is 0.808. The van der Waals surface area contributed by atoms with Crippen molar-refractivity contribution in [3.8, 4) is 0 Å². The number of carbonyl (C=O) groups excluding carboxylic acids is 3. The summed E-state index contributed by atoms with van der Waals surface area (Å²) in [6.07, 6.45) is 10.7. The Balaban J connectivity index is 0.000000531. The molecule has 0 bridgehead atoms. The third kappa shape index (κ3) is 4.66. The van der Waals surface area contributed by atoms with Gasteiger partial charge in [0.05, 0.1) is 18.1 Å². The summed E-state index contributed by atoms with van der Waals surface area (Å²) in [6, 6.07) is 0.312. The lowest BCUT2D eigenvalue weighted by atomic mass is 9.44. The lowest BCUT2D eigenvalue weighted by Gasteiger charge is -2.60. The molecule has 5 rings (SSSR count). The van der Waals surface area contributed by atoms with Crippen LogP contribution < -0.4 is 0 Å². The number of carbonyl (C=O) groups is 3. The second kappa shape index (κ2) is 11.2. The summed E-state index contributed by atoms with van der Waals surface area (Å²) in [6.45, 7) is 13.9. The molecular weight excluding hydrogens is 494 g/mol. The first-order chi connectivity index (χ1) is 18.4. The predicted molar refractivity (Wildman–Crippen MR) is 150 cm³/mol. The van der Waals surface area contributed by atoms with E-state index in [1.165, 1.54) is 6.92 Å². The lowest BCUT2D eigenvalue weighted by Crippen LogP contribution is -2.60. The van der Waals surface area contributed by atoms with Crippen LogP contribution in [0.2, 0.25) is 0 Å². The van der Waals surface area contributed by atoms with Crippen LogP contribution in [0.4, 0.5) is 0 Å². The van der Waals surface area contributed by atoms with Crippen molar-refractivity contribution < 1.29 is 29.3 Å². The van der Waals surface area contributed by atoms with E-state index < -0.39 is 18.1 Å². The predicted octanol–water partition coefficient (Wildman–Crippen LogP) is 4.11. The van der Waals surface area contributed by atoms with Crippen LogP contribution in [-0.4, -0.2) is 71.1 Å². The molecule has 0 amide bonds. The van der Waals surface area contributed by atoms with Gasteiger partial charge < -0.3 is 14.9 Å². The first-order valence-electron chi connectivity index (χ1n) is 15.0. The number of aliphatic hydroxyl groups is 2. The molecule has 0 aromatic carbocycles. The molecule has 4 aliphatic carbocycles. The number of unbranched alkanes of at least 4 members (excludes halogenated alkanes) is 1. The van der Waals surface area contributed by atoms with E-state index in [1.807, 2.05) is 6.08 Å². The van der Waals surface area contributed by atoms with Crippen molar-refractivity contribution in [2.75, 3.05) is 26.3 Å². The second-order valence-electron chi connectivity index (χ2n) is 13.1. The topological polar surface area (TPSA) is 104 Å². The maximum atomic E-state index is 13.6. The van der Waals surface area contributed by atoms with Crippen molar-refractivity contribution in [1.82, 2.24) is 4.90 Å². The number of nitrogens with zero attached hydrogens (tertiary/aromatic N) is 1. The zero-order valence-corrected chi connectivity index (χ0v) is 24.7. The molecule has 0 aromatic rings. The molecule has 9 atom stereocenters. The van der Waals surface area contributed by atoms with E-state index in [9.17, 15) is 24.6 Å². The molecular formula is C32H49NO6. The van der Waals surface area contributed by atoms with Crippen LogP contribution in [0.3, 0.4) is 0 Å². The minimum atomic E-state index is -0.582. The van der Waals surface area contributed by atoms with Gasteiger partial charge in [-0.05, 0) is 87.8 Å². The highest BCUT2D eigenvalue weighted by Gasteiger charge is 2.74. The van der Waals surface area contributed by atoms with Gasteiger partial charge in [0.15, 0.2) is 11.6 Å². The van der Waals surface area contributed by atoms with Crippen LogP contribution in [0.25, 0.3) is 0 Å². The van der Waals surface area contributed by atoms with E-state index in [0.29, 0.717) is 37.5 Å². The molecule has 0 aromatic heterocycles. The number of fused-ring (bicyclic) bond motifs is 7. The van der Waals surface area contributed by atoms with E-state index in [4.69, 9.17) is 0 Å². The van der Waals surface area contributed by atoms with Crippen LogP contribution in [0, 0.1) is 39.9 Å². The van der Waals surface area contributed by atoms with E-state index in [1.54, 1.807) is 19.1 Å². The smallest absolute Gasteiger partial charge is 0.302 e. The number of aliphatic hydroxyl groups excluding tert-OH is 2. The average Bonchev–Trinajstić information content (AvgIpc) is 3.31. The standard InChI is InChI=1S/C28H41NO4.C4H8O2/c1-5-6-11-29-16-28(24(33)15-30)21(17(29)2)13-22-20-8-7-18-12-19(31)9-10-26(18,3)25(20)23(32)14-27(22,28)4;1-3-6-4(2)5/h9-10,12,17,20-23,25,30,32H,5-8,11,13-16H2,1-4H3;3H2,1-2H3/t17?,20-,21-,22?,23-,25?,26-,27-,28+;/m0./s1. The molecule has 0 spiro atoms. The molecule has 5 aliphatic rings. The zero-order chi connectivity index (χ0) is 28.8. The summed E-state index contributed by atoms with van der Waals surface area (Å²) < 4.78 is 4.40. The maximum Gasteiger partial charge on any atom is 0.302 e. The van der Waals surface area contributed by atoms with Gasteiger partial charge in [-0.2, -0.15) is 0 Å². The van der Waals surface area contributed by atoms with Crippen LogP contribution in [0.5, 0.6) is 0 Å². The first-order valence-corrected chi connectivity index (χ1v) is 15.0. The summed E-state index contributed by atoms with van der Waals surface area (Å²) in [5.41, 5.74) is -0.0281. The van der Waals surface area contributed by atoms with E-state index in [0.717, 1.165) is 44.2 Å². The van der Waals surface area contributed by atoms with Crippen molar-refractivity contribution >= 4 is 17.5 Å². The van der Waals surface area contributed by atoms with Gasteiger partial charge in [-0.15, -0.1) is 0 Å². The molecule has 3 unspecified atom stereocenters. The van der Waals surface area contributed by atoms with Crippen molar-refractivity contribution in [2.45, 2.75) is 92.2 Å². The molecule has 4 fully saturated rings. The van der Waals surface area contributed by atoms with Gasteiger partial charge in [0, 0.05) is 30.8 Å². The minimum Gasteiger partial charge on any atom is -0.466 e. The normalized spacial score (nSPS) is 42.4. The molecule has 7 heteroatoms. The van der Waals surface area contributed by atoms with Gasteiger partial charge in [-0.1, -0.05) is 38.8 Å². The van der Waals surface area contributed by atoms with Crippen LogP contribution in [0.15, 0.2) is 23.8 Å². The van der Waals surface area contributed by atoms with E-state index >= 15 is 0 Å². The number of Topliss-reactive ketones (excluding diaryl/α,β-unsaturated/α-hetero) is 1. The zero-order valence-electron chi connectivity index (χ0n) is 24.7. The van der Waals surface area contributed by atoms with E-state index in [2.05, 4.69) is 37.3 Å². The minimum absolute atomic E-state index is 0.0141. The average molecular weight is 544 g/mol. The molecule has 3 saturated carbocycles. The Labute approximate surface area is 234 Å². The molecule has 7 nitrogen and oxygen atoms in total. The van der Waals surface area contributed by atoms with Gasteiger partial charge in [0.2, 0.25) is 0 Å². The monoisotopic (exact) mass is 543 g/mol. The van der Waals surface area contributed by atoms with Crippen LogP contribution in [-0.2, 0) is 19.1 Å². The fourth-order valence-electron chi connectivity index (χ4n) is 9.75. The Kier molecular flexibility index (Phi) is 8.66. The van der Waals surface area contributed by atoms with Crippen molar-refractivity contribution in [3.63, 3.8) is 0 Å². The van der Waals surface area contributed by atoms with E-state index in [-0.39, 0.29) is 40.2 Å². The third-order valence-corrected chi connectivity index (χ3v) is 11.4. The highest BCUT2D eigenvalue weighted by atomic mass is 16.5. The maximum absolute atomic E-state index is 13.6. The molecule has 39 heavy (non-hydrogen) atoms. The molecule has 1 saturated heterocycles. The lowest BCUT2D eigenvalue weighted by molar-refractivity contribution is -0.159. The molecule has 0 radical (unpaired) electrons. The number of hydrogen-bond donors (Lipinski definition) is 2. The van der Waals surface area contributed by atoms with Crippen molar-refractivity contribution in [1.29, 1.82) is 0 Å². The molecule has 1 aliphatic heterocycles. The SMILES string of the molecule is CCCCN1C[C@]2(C(=O)CO)[C@@H](CC3[C@@H]4CCC5=CC(=O)C=C[C@]5(C)C4[C@@H](O)C[C@@]32C)C1C.CCOC(C)=O. The number of rotatable bonds is 6. The number of ether oxygens (including phenoxy) is 1. The Bertz CT molecular complexity index is 1040. The number of ketones is 2. The summed E-state index contributed by atoms with van der Waals surface area (Å²) in [5, 5.41) is 21.8. The summed E-state index contributed by atoms with van der Waals surface area (Å²) >= 11 is 0. The largest absolute Gasteiger partial charge is 0.466 e. The van der Waals surface area contributed by atoms with Crippen LogP contribution >= 0.6 is 0 Å². The second-order valence-corrected chi connectivity index (χ2v) is 13.1. The molecule has 2 N–H and O–H groups in total. The Morgan fingerprint density at radius 1 is 1.21 bits per heavy atom. The van der Waals surface area contributed by atoms with Crippen molar-refractivity contribution in [3.05, 3.63) is 23.8 Å². The third-order valence-electron chi connectivity index (χ3n) is 11.4. The molecule has 218 valence electrons. The van der Waals surface area contributed by atoms with Crippen molar-refractivity contribution in [2.24, 2.45) is 39.9 Å². The van der Waals surface area contributed by atoms with Gasteiger partial charge >= 0.3 is 5.97 Å². The number of likely N-dealkylation sites (tertiary alicyclic amines) is 1. The van der Waals surface area contributed by atoms with Gasteiger partial charge in [-0.25, -0.2) is 0 Å². The number of esters is 1.